The summed E-state index contributed by atoms with van der Waals surface area (Å²) in [6, 6.07) is 0. The van der Waals surface area contributed by atoms with Gasteiger partial charge in [0.1, 0.15) is 0 Å². The molecule has 0 bridgehead atoms. The third-order valence-corrected chi connectivity index (χ3v) is 2.84. The van der Waals surface area contributed by atoms with Crippen LogP contribution in [-0.4, -0.2) is 10.8 Å². The summed E-state index contributed by atoms with van der Waals surface area (Å²) in [5.74, 6) is 1.14. The van der Waals surface area contributed by atoms with Gasteiger partial charge < -0.3 is 0 Å². The molecule has 1 aliphatic rings. The zero-order valence-electron chi connectivity index (χ0n) is 5.73. The highest BCUT2D eigenvalue weighted by Crippen LogP contribution is 2.36. The zero-order valence-corrected chi connectivity index (χ0v) is 7.36. The van der Waals surface area contributed by atoms with Gasteiger partial charge in [-0.05, 0) is 6.42 Å². The molecule has 0 amide bonds. The van der Waals surface area contributed by atoms with Gasteiger partial charge in [-0.1, -0.05) is 13.8 Å². The molecule has 1 rings (SSSR count). The lowest BCUT2D eigenvalue weighted by Crippen LogP contribution is -2.13. The van der Waals surface area contributed by atoms with Crippen LogP contribution in [0.25, 0.3) is 0 Å². The zero-order chi connectivity index (χ0) is 6.20. The first-order valence-electron chi connectivity index (χ1n) is 2.85. The molecule has 0 unspecified atom stereocenters. The highest BCUT2D eigenvalue weighted by molar-refractivity contribution is 8.14. The van der Waals surface area contributed by atoms with Crippen LogP contribution in [0.5, 0.6) is 0 Å². The third-order valence-electron chi connectivity index (χ3n) is 1.59. The summed E-state index contributed by atoms with van der Waals surface area (Å²) >= 11 is 1.69. The topological polar surface area (TPSA) is 23.9 Å². The van der Waals surface area contributed by atoms with Crippen LogP contribution in [0.3, 0.4) is 0 Å². The maximum Gasteiger partial charge on any atom is 0.0698 e. The van der Waals surface area contributed by atoms with Crippen LogP contribution in [0.15, 0.2) is 0 Å². The maximum absolute atomic E-state index is 7.41. The maximum atomic E-state index is 7.41. The van der Waals surface area contributed by atoms with E-state index in [0.717, 1.165) is 10.8 Å². The molecule has 9 heavy (non-hydrogen) atoms. The number of thioether (sulfide) groups is 1. The van der Waals surface area contributed by atoms with Crippen molar-refractivity contribution >= 4 is 29.2 Å². The Balaban J connectivity index is 0.000000640. The fraction of sp³-hybridized carbons (Fsp3) is 0.833. The predicted octanol–water partition coefficient (Wildman–Crippen LogP) is 2.55. The second kappa shape index (κ2) is 2.93. The minimum Gasteiger partial charge on any atom is -0.298 e. The smallest absolute Gasteiger partial charge is 0.0698 e. The fourth-order valence-corrected chi connectivity index (χ4v) is 2.03. The summed E-state index contributed by atoms with van der Waals surface area (Å²) in [5.41, 5.74) is 0.199. The van der Waals surface area contributed by atoms with Crippen molar-refractivity contribution in [2.45, 2.75) is 20.3 Å². The van der Waals surface area contributed by atoms with E-state index in [1.807, 2.05) is 0 Å². The van der Waals surface area contributed by atoms with Crippen molar-refractivity contribution < 1.29 is 0 Å². The van der Waals surface area contributed by atoms with Crippen LogP contribution in [0.1, 0.15) is 20.3 Å². The van der Waals surface area contributed by atoms with Gasteiger partial charge in [0.2, 0.25) is 0 Å². The molecule has 0 spiro atoms. The number of hydrogen-bond donors (Lipinski definition) is 1. The minimum atomic E-state index is 0. The quantitative estimate of drug-likeness (QED) is 0.586. The Hall–Kier alpha value is 0.310. The molecule has 0 aromatic rings. The van der Waals surface area contributed by atoms with Crippen molar-refractivity contribution in [1.29, 1.82) is 5.41 Å². The van der Waals surface area contributed by atoms with Crippen molar-refractivity contribution in [3.05, 3.63) is 0 Å². The SMILES string of the molecule is CC1(C)CCSC1=N.Cl. The van der Waals surface area contributed by atoms with Gasteiger partial charge in [0.15, 0.2) is 0 Å². The molecular weight excluding hydrogens is 154 g/mol. The van der Waals surface area contributed by atoms with Gasteiger partial charge in [0.05, 0.1) is 5.04 Å². The lowest BCUT2D eigenvalue weighted by molar-refractivity contribution is 0.525. The molecule has 1 fully saturated rings. The van der Waals surface area contributed by atoms with Crippen LogP contribution < -0.4 is 0 Å². The second-order valence-corrected chi connectivity index (χ2v) is 3.92. The molecule has 0 saturated carbocycles. The molecule has 0 aromatic carbocycles. The van der Waals surface area contributed by atoms with Gasteiger partial charge in [0, 0.05) is 11.2 Å². The number of halogens is 1. The van der Waals surface area contributed by atoms with Crippen molar-refractivity contribution in [2.75, 3.05) is 5.75 Å². The minimum absolute atomic E-state index is 0. The van der Waals surface area contributed by atoms with Gasteiger partial charge in [-0.15, -0.1) is 24.2 Å². The molecule has 1 nitrogen and oxygen atoms in total. The van der Waals surface area contributed by atoms with Gasteiger partial charge in [-0.3, -0.25) is 5.41 Å². The summed E-state index contributed by atoms with van der Waals surface area (Å²) in [5, 5.41) is 8.27. The number of nitrogens with one attached hydrogen (secondary N) is 1. The third kappa shape index (κ3) is 1.87. The van der Waals surface area contributed by atoms with E-state index in [1.54, 1.807) is 11.8 Å². The lowest BCUT2D eigenvalue weighted by atomic mass is 9.92. The molecule has 1 saturated heterocycles. The van der Waals surface area contributed by atoms with E-state index in [9.17, 15) is 0 Å². The first kappa shape index (κ1) is 9.31. The van der Waals surface area contributed by atoms with Crippen LogP contribution in [0.2, 0.25) is 0 Å². The first-order valence-corrected chi connectivity index (χ1v) is 3.83. The second-order valence-electron chi connectivity index (χ2n) is 2.81. The Labute approximate surface area is 66.5 Å². The molecule has 54 valence electrons. The summed E-state index contributed by atoms with van der Waals surface area (Å²) in [6.45, 7) is 4.27. The summed E-state index contributed by atoms with van der Waals surface area (Å²) in [4.78, 5) is 0. The Morgan fingerprint density at radius 1 is 1.56 bits per heavy atom. The van der Waals surface area contributed by atoms with E-state index in [2.05, 4.69) is 13.8 Å². The average molecular weight is 166 g/mol. The van der Waals surface area contributed by atoms with Crippen molar-refractivity contribution in [3.63, 3.8) is 0 Å². The standard InChI is InChI=1S/C6H11NS.ClH/c1-6(2)3-4-8-5(6)7;/h7H,3-4H2,1-2H3;1H. The number of rotatable bonds is 0. The summed E-state index contributed by atoms with van der Waals surface area (Å²) in [6.07, 6.45) is 1.18. The normalized spacial score (nSPS) is 23.6. The molecule has 0 aromatic heterocycles. The monoisotopic (exact) mass is 165 g/mol. The molecule has 3 heteroatoms. The highest BCUT2D eigenvalue weighted by atomic mass is 35.5. The van der Waals surface area contributed by atoms with E-state index in [1.165, 1.54) is 6.42 Å². The Morgan fingerprint density at radius 2 is 2.11 bits per heavy atom. The molecule has 0 aliphatic carbocycles. The average Bonchev–Trinajstić information content (AvgIpc) is 1.86. The lowest BCUT2D eigenvalue weighted by Gasteiger charge is -2.13. The van der Waals surface area contributed by atoms with Crippen LogP contribution in [0.4, 0.5) is 0 Å². The molecule has 1 aliphatic heterocycles. The summed E-state index contributed by atoms with van der Waals surface area (Å²) in [7, 11) is 0. The van der Waals surface area contributed by atoms with Crippen molar-refractivity contribution in [3.8, 4) is 0 Å². The van der Waals surface area contributed by atoms with Crippen LogP contribution in [0, 0.1) is 10.8 Å². The molecule has 1 heterocycles. The Bertz CT molecular complexity index is 122. The highest BCUT2D eigenvalue weighted by Gasteiger charge is 2.29. The molecule has 1 N–H and O–H groups in total. The largest absolute Gasteiger partial charge is 0.298 e. The van der Waals surface area contributed by atoms with Crippen LogP contribution in [-0.2, 0) is 0 Å². The molecular formula is C6H12ClNS. The first-order chi connectivity index (χ1) is 3.63. The van der Waals surface area contributed by atoms with Gasteiger partial charge in [0.25, 0.3) is 0 Å². The fourth-order valence-electron chi connectivity index (χ4n) is 0.717. The van der Waals surface area contributed by atoms with Crippen molar-refractivity contribution in [1.82, 2.24) is 0 Å². The summed E-state index contributed by atoms with van der Waals surface area (Å²) < 4.78 is 0. The van der Waals surface area contributed by atoms with Gasteiger partial charge >= 0.3 is 0 Å². The van der Waals surface area contributed by atoms with E-state index in [0.29, 0.717) is 0 Å². The molecule has 0 atom stereocenters. The van der Waals surface area contributed by atoms with Crippen molar-refractivity contribution in [2.24, 2.45) is 5.41 Å². The van der Waals surface area contributed by atoms with Gasteiger partial charge in [-0.2, -0.15) is 0 Å². The number of hydrogen-bond acceptors (Lipinski definition) is 2. The van der Waals surface area contributed by atoms with Gasteiger partial charge in [-0.25, -0.2) is 0 Å². The van der Waals surface area contributed by atoms with E-state index >= 15 is 0 Å². The molecule has 0 radical (unpaired) electrons. The van der Waals surface area contributed by atoms with E-state index in [-0.39, 0.29) is 17.8 Å². The predicted molar refractivity (Wildman–Crippen MR) is 45.8 cm³/mol. The van der Waals surface area contributed by atoms with E-state index < -0.39 is 0 Å². The Kier molecular flexibility index (Phi) is 3.03. The van der Waals surface area contributed by atoms with Crippen LogP contribution >= 0.6 is 24.2 Å². The Morgan fingerprint density at radius 3 is 2.22 bits per heavy atom. The van der Waals surface area contributed by atoms with E-state index in [4.69, 9.17) is 5.41 Å².